The summed E-state index contributed by atoms with van der Waals surface area (Å²) in [7, 11) is -7.41. The predicted molar refractivity (Wildman–Crippen MR) is 120 cm³/mol. The Bertz CT molecular complexity index is 1100. The third-order valence-electron chi connectivity index (χ3n) is 4.18. The molecule has 0 spiro atoms. The van der Waals surface area contributed by atoms with Crippen LogP contribution in [0.15, 0.2) is 58.3 Å². The minimum absolute atomic E-state index is 0.0499. The lowest BCUT2D eigenvalue weighted by Crippen LogP contribution is -2.23. The van der Waals surface area contributed by atoms with Crippen molar-refractivity contribution in [2.24, 2.45) is 0 Å². The maximum atomic E-state index is 12.2. The molecular weight excluding hydrogens is 472 g/mol. The molecule has 0 aliphatic heterocycles. The van der Waals surface area contributed by atoms with Crippen LogP contribution in [0.4, 0.5) is 0 Å². The highest BCUT2D eigenvalue weighted by Gasteiger charge is 2.17. The molecule has 2 aromatic carbocycles. The van der Waals surface area contributed by atoms with Gasteiger partial charge in [-0.2, -0.15) is 0 Å². The van der Waals surface area contributed by atoms with Gasteiger partial charge >= 0.3 is 11.9 Å². The standard InChI is InChI=1S/C21H26N2O8S2/c1-3-22-32(26,27)18-10-5-8-16(14-18)20(24)30-12-7-13-31-21(25)17-9-6-11-19(15-17)33(28,29)23-4-2/h5-6,8-11,14-15,22-23H,3-4,7,12-13H2,1-2H3. The minimum Gasteiger partial charge on any atom is -0.462 e. The summed E-state index contributed by atoms with van der Waals surface area (Å²) in [5.74, 6) is -1.42. The first kappa shape index (κ1) is 26.5. The summed E-state index contributed by atoms with van der Waals surface area (Å²) in [6, 6.07) is 10.9. The van der Waals surface area contributed by atoms with Crippen molar-refractivity contribution in [1.29, 1.82) is 0 Å². The number of esters is 2. The Kier molecular flexibility index (Phi) is 9.53. The summed E-state index contributed by atoms with van der Waals surface area (Å²) in [6.45, 7) is 3.59. The molecule has 0 aliphatic carbocycles. The zero-order chi connectivity index (χ0) is 24.5. The molecule has 2 aromatic rings. The van der Waals surface area contributed by atoms with E-state index in [4.69, 9.17) is 9.47 Å². The maximum absolute atomic E-state index is 12.2. The molecule has 0 bridgehead atoms. The Morgan fingerprint density at radius 1 is 0.727 bits per heavy atom. The number of nitrogens with one attached hydrogen (secondary N) is 2. The number of carbonyl (C=O) groups excluding carboxylic acids is 2. The van der Waals surface area contributed by atoms with Gasteiger partial charge < -0.3 is 9.47 Å². The van der Waals surface area contributed by atoms with E-state index in [2.05, 4.69) is 9.44 Å². The normalized spacial score (nSPS) is 11.7. The largest absolute Gasteiger partial charge is 0.462 e. The molecule has 33 heavy (non-hydrogen) atoms. The summed E-state index contributed by atoms with van der Waals surface area (Å²) in [6.07, 6.45) is 0.197. The Labute approximate surface area is 193 Å². The van der Waals surface area contributed by atoms with Crippen LogP contribution in [0, 0.1) is 0 Å². The van der Waals surface area contributed by atoms with Gasteiger partial charge in [0.25, 0.3) is 0 Å². The lowest BCUT2D eigenvalue weighted by Gasteiger charge is -2.09. The number of rotatable bonds is 12. The third kappa shape index (κ3) is 7.63. The number of carbonyl (C=O) groups is 2. The molecule has 0 amide bonds. The van der Waals surface area contributed by atoms with Crippen molar-refractivity contribution in [3.8, 4) is 0 Å². The van der Waals surface area contributed by atoms with E-state index < -0.39 is 32.0 Å². The van der Waals surface area contributed by atoms with E-state index in [9.17, 15) is 26.4 Å². The second-order valence-electron chi connectivity index (χ2n) is 6.68. The van der Waals surface area contributed by atoms with Gasteiger partial charge in [0.15, 0.2) is 0 Å². The van der Waals surface area contributed by atoms with Gasteiger partial charge in [-0.1, -0.05) is 26.0 Å². The molecule has 0 saturated heterocycles. The molecule has 0 unspecified atom stereocenters. The fraction of sp³-hybridized carbons (Fsp3) is 0.333. The van der Waals surface area contributed by atoms with Crippen LogP contribution in [-0.4, -0.2) is 55.1 Å². The topological polar surface area (TPSA) is 145 Å². The number of sulfonamides is 2. The Morgan fingerprint density at radius 2 is 1.12 bits per heavy atom. The average molecular weight is 499 g/mol. The molecule has 0 fully saturated rings. The molecule has 0 aliphatic rings. The Morgan fingerprint density at radius 3 is 1.48 bits per heavy atom. The number of hydrogen-bond donors (Lipinski definition) is 2. The molecule has 12 heteroatoms. The summed E-state index contributed by atoms with van der Waals surface area (Å²) < 4.78 is 63.1. The van der Waals surface area contributed by atoms with Crippen LogP contribution in [0.3, 0.4) is 0 Å². The molecule has 0 saturated carbocycles. The van der Waals surface area contributed by atoms with E-state index >= 15 is 0 Å². The van der Waals surface area contributed by atoms with Gasteiger partial charge in [-0.3, -0.25) is 0 Å². The number of ether oxygens (including phenoxy) is 2. The van der Waals surface area contributed by atoms with Gasteiger partial charge in [-0.05, 0) is 36.4 Å². The minimum atomic E-state index is -3.70. The van der Waals surface area contributed by atoms with Crippen molar-refractivity contribution in [2.45, 2.75) is 30.1 Å². The molecule has 0 heterocycles. The molecule has 2 rings (SSSR count). The monoisotopic (exact) mass is 498 g/mol. The van der Waals surface area contributed by atoms with Crippen molar-refractivity contribution in [1.82, 2.24) is 9.44 Å². The van der Waals surface area contributed by atoms with Crippen LogP contribution in [-0.2, 0) is 29.5 Å². The molecule has 0 aromatic heterocycles. The van der Waals surface area contributed by atoms with E-state index in [-0.39, 0.29) is 53.6 Å². The summed E-state index contributed by atoms with van der Waals surface area (Å²) in [5.41, 5.74) is 0.148. The SMILES string of the molecule is CCNS(=O)(=O)c1cccc(C(=O)OCCCOC(=O)c2cccc(S(=O)(=O)NCC)c2)c1. The zero-order valence-corrected chi connectivity index (χ0v) is 19.9. The van der Waals surface area contributed by atoms with Crippen molar-refractivity contribution in [3.63, 3.8) is 0 Å². The summed E-state index contributed by atoms with van der Waals surface area (Å²) in [4.78, 5) is 24.3. The Balaban J connectivity index is 1.85. The van der Waals surface area contributed by atoms with Crippen LogP contribution in [0.2, 0.25) is 0 Å². The fourth-order valence-electron chi connectivity index (χ4n) is 2.68. The van der Waals surface area contributed by atoms with Gasteiger partial charge in [-0.25, -0.2) is 35.9 Å². The third-order valence-corrected chi connectivity index (χ3v) is 7.27. The zero-order valence-electron chi connectivity index (χ0n) is 18.2. The van der Waals surface area contributed by atoms with Gasteiger partial charge in [0.05, 0.1) is 34.1 Å². The van der Waals surface area contributed by atoms with Crippen molar-refractivity contribution < 1.29 is 35.9 Å². The van der Waals surface area contributed by atoms with E-state index in [1.807, 2.05) is 0 Å². The first-order valence-electron chi connectivity index (χ1n) is 10.1. The molecule has 0 radical (unpaired) electrons. The first-order chi connectivity index (χ1) is 15.6. The fourth-order valence-corrected chi connectivity index (χ4v) is 4.86. The number of hydrogen-bond acceptors (Lipinski definition) is 8. The van der Waals surface area contributed by atoms with Gasteiger partial charge in [0.1, 0.15) is 0 Å². The highest BCUT2D eigenvalue weighted by atomic mass is 32.2. The number of benzene rings is 2. The smallest absolute Gasteiger partial charge is 0.338 e. The lowest BCUT2D eigenvalue weighted by atomic mass is 10.2. The van der Waals surface area contributed by atoms with E-state index in [0.29, 0.717) is 0 Å². The van der Waals surface area contributed by atoms with E-state index in [0.717, 1.165) is 0 Å². The van der Waals surface area contributed by atoms with Crippen LogP contribution < -0.4 is 9.44 Å². The van der Waals surface area contributed by atoms with E-state index in [1.165, 1.54) is 48.5 Å². The highest BCUT2D eigenvalue weighted by Crippen LogP contribution is 2.14. The second kappa shape index (κ2) is 11.9. The quantitative estimate of drug-likeness (QED) is 0.332. The predicted octanol–water partition coefficient (Wildman–Crippen LogP) is 1.69. The lowest BCUT2D eigenvalue weighted by molar-refractivity contribution is 0.0395. The van der Waals surface area contributed by atoms with Crippen molar-refractivity contribution in [2.75, 3.05) is 26.3 Å². The van der Waals surface area contributed by atoms with Crippen molar-refractivity contribution in [3.05, 3.63) is 59.7 Å². The van der Waals surface area contributed by atoms with Crippen LogP contribution in [0.25, 0.3) is 0 Å². The second-order valence-corrected chi connectivity index (χ2v) is 10.2. The van der Waals surface area contributed by atoms with E-state index in [1.54, 1.807) is 13.8 Å². The first-order valence-corrected chi connectivity index (χ1v) is 13.1. The van der Waals surface area contributed by atoms with Gasteiger partial charge in [0.2, 0.25) is 20.0 Å². The highest BCUT2D eigenvalue weighted by molar-refractivity contribution is 7.89. The summed E-state index contributed by atoms with van der Waals surface area (Å²) in [5, 5.41) is 0. The summed E-state index contributed by atoms with van der Waals surface area (Å²) >= 11 is 0. The van der Waals surface area contributed by atoms with Crippen LogP contribution >= 0.6 is 0 Å². The molecule has 10 nitrogen and oxygen atoms in total. The Hall–Kier alpha value is -2.80. The molecule has 180 valence electrons. The molecule has 2 N–H and O–H groups in total. The maximum Gasteiger partial charge on any atom is 0.338 e. The molecule has 0 atom stereocenters. The van der Waals surface area contributed by atoms with Crippen molar-refractivity contribution >= 4 is 32.0 Å². The molecular formula is C21H26N2O8S2. The van der Waals surface area contributed by atoms with Gasteiger partial charge in [0, 0.05) is 19.5 Å². The van der Waals surface area contributed by atoms with Crippen LogP contribution in [0.5, 0.6) is 0 Å². The van der Waals surface area contributed by atoms with Gasteiger partial charge in [-0.15, -0.1) is 0 Å². The van der Waals surface area contributed by atoms with Crippen LogP contribution in [0.1, 0.15) is 41.0 Å². The average Bonchev–Trinajstić information content (AvgIpc) is 2.78.